The van der Waals surface area contributed by atoms with Crippen LogP contribution in [0.15, 0.2) is 36.7 Å². The van der Waals surface area contributed by atoms with E-state index in [1.807, 2.05) is 18.5 Å². The molecule has 0 saturated heterocycles. The minimum Gasteiger partial charge on any atom is -0.358 e. The first kappa shape index (κ1) is 12.7. The summed E-state index contributed by atoms with van der Waals surface area (Å²) in [5, 5.41) is 4.41. The lowest BCUT2D eigenvalue weighted by Crippen LogP contribution is -2.12. The molecule has 0 saturated carbocycles. The van der Waals surface area contributed by atoms with Crippen molar-refractivity contribution in [2.45, 2.75) is 26.8 Å². The molecule has 2 aromatic heterocycles. The van der Waals surface area contributed by atoms with Crippen molar-refractivity contribution in [1.82, 2.24) is 15.0 Å². The summed E-state index contributed by atoms with van der Waals surface area (Å²) in [6, 6.07) is 8.62. The van der Waals surface area contributed by atoms with Crippen LogP contribution in [-0.4, -0.2) is 21.0 Å². The van der Waals surface area contributed by atoms with Crippen molar-refractivity contribution in [2.24, 2.45) is 0 Å². The number of benzene rings is 1. The van der Waals surface area contributed by atoms with Gasteiger partial charge in [-0.25, -0.2) is 9.97 Å². The van der Waals surface area contributed by atoms with Crippen molar-refractivity contribution in [1.29, 1.82) is 0 Å². The molecule has 0 aliphatic rings. The van der Waals surface area contributed by atoms with Gasteiger partial charge in [0, 0.05) is 46.2 Å². The van der Waals surface area contributed by atoms with Crippen molar-refractivity contribution in [2.75, 3.05) is 5.32 Å². The third kappa shape index (κ3) is 2.25. The zero-order valence-corrected chi connectivity index (χ0v) is 11.9. The molecule has 3 aromatic rings. The summed E-state index contributed by atoms with van der Waals surface area (Å²) in [6.45, 7) is 6.22. The maximum atomic E-state index is 4.39. The van der Waals surface area contributed by atoms with Gasteiger partial charge in [-0.3, -0.25) is 0 Å². The van der Waals surface area contributed by atoms with Crippen LogP contribution in [0.5, 0.6) is 0 Å². The first-order valence-electron chi connectivity index (χ1n) is 6.81. The van der Waals surface area contributed by atoms with E-state index in [2.05, 4.69) is 59.2 Å². The van der Waals surface area contributed by atoms with Gasteiger partial charge in [-0.1, -0.05) is 18.2 Å². The van der Waals surface area contributed by atoms with E-state index in [1.54, 1.807) is 0 Å². The molecule has 2 N–H and O–H groups in total. The summed E-state index contributed by atoms with van der Waals surface area (Å²) in [6.07, 6.45) is 3.75. The third-order valence-electron chi connectivity index (χ3n) is 3.25. The van der Waals surface area contributed by atoms with Gasteiger partial charge >= 0.3 is 0 Å². The molecular formula is C16H18N4. The van der Waals surface area contributed by atoms with Gasteiger partial charge in [-0.05, 0) is 26.8 Å². The lowest BCUT2D eigenvalue weighted by molar-refractivity contribution is 0.874. The lowest BCUT2D eigenvalue weighted by Gasteiger charge is -2.08. The van der Waals surface area contributed by atoms with Crippen molar-refractivity contribution >= 4 is 16.9 Å². The highest BCUT2D eigenvalue weighted by Gasteiger charge is 2.11. The summed E-state index contributed by atoms with van der Waals surface area (Å²) < 4.78 is 0. The monoisotopic (exact) mass is 266 g/mol. The number of aromatic amines is 1. The summed E-state index contributed by atoms with van der Waals surface area (Å²) in [4.78, 5) is 12.2. The van der Waals surface area contributed by atoms with E-state index in [4.69, 9.17) is 0 Å². The number of nitrogens with one attached hydrogen (secondary N) is 2. The van der Waals surface area contributed by atoms with Crippen molar-refractivity contribution in [3.8, 4) is 11.1 Å². The molecule has 0 unspecified atom stereocenters. The van der Waals surface area contributed by atoms with Crippen LogP contribution in [0.25, 0.3) is 22.0 Å². The molecule has 0 aliphatic heterocycles. The number of para-hydroxylation sites is 1. The zero-order valence-electron chi connectivity index (χ0n) is 11.9. The molecule has 0 atom stereocenters. The SMILES string of the molecule is Cc1[nH]c2ccccc2c1-c1cnc(NC(C)C)nc1. The van der Waals surface area contributed by atoms with E-state index in [-0.39, 0.29) is 0 Å². The molecule has 4 heteroatoms. The highest BCUT2D eigenvalue weighted by Crippen LogP contribution is 2.31. The Morgan fingerprint density at radius 3 is 2.50 bits per heavy atom. The Labute approximate surface area is 118 Å². The van der Waals surface area contributed by atoms with Gasteiger partial charge in [0.2, 0.25) is 5.95 Å². The number of fused-ring (bicyclic) bond motifs is 1. The van der Waals surface area contributed by atoms with E-state index in [0.29, 0.717) is 12.0 Å². The topological polar surface area (TPSA) is 53.6 Å². The first-order chi connectivity index (χ1) is 9.65. The smallest absolute Gasteiger partial charge is 0.222 e. The number of hydrogen-bond acceptors (Lipinski definition) is 3. The van der Waals surface area contributed by atoms with Gasteiger partial charge in [-0.2, -0.15) is 0 Å². The molecule has 0 spiro atoms. The molecule has 0 aliphatic carbocycles. The second-order valence-electron chi connectivity index (χ2n) is 5.26. The Hall–Kier alpha value is -2.36. The molecule has 1 aromatic carbocycles. The number of rotatable bonds is 3. The van der Waals surface area contributed by atoms with Crippen LogP contribution in [-0.2, 0) is 0 Å². The number of aromatic nitrogens is 3. The van der Waals surface area contributed by atoms with E-state index >= 15 is 0 Å². The maximum Gasteiger partial charge on any atom is 0.222 e. The van der Waals surface area contributed by atoms with Crippen LogP contribution in [0, 0.1) is 6.92 Å². The fourth-order valence-electron chi connectivity index (χ4n) is 2.44. The number of hydrogen-bond donors (Lipinski definition) is 2. The third-order valence-corrected chi connectivity index (χ3v) is 3.25. The Morgan fingerprint density at radius 2 is 1.80 bits per heavy atom. The highest BCUT2D eigenvalue weighted by molar-refractivity contribution is 5.97. The van der Waals surface area contributed by atoms with Crippen molar-refractivity contribution in [3.63, 3.8) is 0 Å². The normalized spacial score (nSPS) is 11.2. The molecule has 0 fully saturated rings. The fourth-order valence-corrected chi connectivity index (χ4v) is 2.44. The molecule has 102 valence electrons. The molecule has 4 nitrogen and oxygen atoms in total. The second-order valence-corrected chi connectivity index (χ2v) is 5.26. The number of anilines is 1. The van der Waals surface area contributed by atoms with Gasteiger partial charge in [0.25, 0.3) is 0 Å². The standard InChI is InChI=1S/C16H18N4/c1-10(2)19-16-17-8-12(9-18-16)15-11(3)20-14-7-5-4-6-13(14)15/h4-10,20H,1-3H3,(H,17,18,19). The lowest BCUT2D eigenvalue weighted by atomic mass is 10.1. The van der Waals surface area contributed by atoms with Crippen LogP contribution in [0.3, 0.4) is 0 Å². The highest BCUT2D eigenvalue weighted by atomic mass is 15.1. The fraction of sp³-hybridized carbons (Fsp3) is 0.250. The Bertz CT molecular complexity index is 726. The maximum absolute atomic E-state index is 4.39. The molecule has 0 radical (unpaired) electrons. The minimum absolute atomic E-state index is 0.329. The molecule has 0 bridgehead atoms. The van der Waals surface area contributed by atoms with Crippen LogP contribution < -0.4 is 5.32 Å². The molecule has 2 heterocycles. The molecule has 20 heavy (non-hydrogen) atoms. The summed E-state index contributed by atoms with van der Waals surface area (Å²) in [5.74, 6) is 0.668. The van der Waals surface area contributed by atoms with Gasteiger partial charge in [0.15, 0.2) is 0 Å². The minimum atomic E-state index is 0.329. The number of aryl methyl sites for hydroxylation is 1. The largest absolute Gasteiger partial charge is 0.358 e. The molecule has 3 rings (SSSR count). The van der Waals surface area contributed by atoms with Crippen LogP contribution in [0.2, 0.25) is 0 Å². The van der Waals surface area contributed by atoms with Gasteiger partial charge in [-0.15, -0.1) is 0 Å². The van der Waals surface area contributed by atoms with E-state index in [1.165, 1.54) is 10.9 Å². The summed E-state index contributed by atoms with van der Waals surface area (Å²) in [5.41, 5.74) is 4.50. The summed E-state index contributed by atoms with van der Waals surface area (Å²) in [7, 11) is 0. The predicted octanol–water partition coefficient (Wildman–Crippen LogP) is 3.75. The predicted molar refractivity (Wildman–Crippen MR) is 82.8 cm³/mol. The van der Waals surface area contributed by atoms with E-state index in [0.717, 1.165) is 16.8 Å². The van der Waals surface area contributed by atoms with Crippen molar-refractivity contribution < 1.29 is 0 Å². The second kappa shape index (κ2) is 4.96. The Kier molecular flexibility index (Phi) is 3.14. The average Bonchev–Trinajstić information content (AvgIpc) is 2.75. The quantitative estimate of drug-likeness (QED) is 0.759. The zero-order chi connectivity index (χ0) is 14.1. The van der Waals surface area contributed by atoms with Gasteiger partial charge < -0.3 is 10.3 Å². The van der Waals surface area contributed by atoms with Gasteiger partial charge in [0.05, 0.1) is 0 Å². The summed E-state index contributed by atoms with van der Waals surface area (Å²) >= 11 is 0. The van der Waals surface area contributed by atoms with Crippen molar-refractivity contribution in [3.05, 3.63) is 42.4 Å². The van der Waals surface area contributed by atoms with Gasteiger partial charge in [0.1, 0.15) is 0 Å². The molecular weight excluding hydrogens is 248 g/mol. The first-order valence-corrected chi connectivity index (χ1v) is 6.81. The van der Waals surface area contributed by atoms with Crippen LogP contribution in [0.4, 0.5) is 5.95 Å². The van der Waals surface area contributed by atoms with E-state index in [9.17, 15) is 0 Å². The van der Waals surface area contributed by atoms with Crippen LogP contribution >= 0.6 is 0 Å². The average molecular weight is 266 g/mol. The Balaban J connectivity index is 2.05. The van der Waals surface area contributed by atoms with E-state index < -0.39 is 0 Å². The molecule has 0 amide bonds. The Morgan fingerprint density at radius 1 is 1.10 bits per heavy atom. The number of H-pyrrole nitrogens is 1. The van der Waals surface area contributed by atoms with Crippen LogP contribution in [0.1, 0.15) is 19.5 Å². The number of nitrogens with zero attached hydrogens (tertiary/aromatic N) is 2.